The number of alkyl halides is 3. The number of unbranched alkanes of at least 4 members (excludes halogenated alkanes) is 1. The highest BCUT2D eigenvalue weighted by Crippen LogP contribution is 2.33. The summed E-state index contributed by atoms with van der Waals surface area (Å²) in [6.45, 7) is 2.11. The van der Waals surface area contributed by atoms with Gasteiger partial charge in [0.15, 0.2) is 5.82 Å². The van der Waals surface area contributed by atoms with Crippen molar-refractivity contribution in [3.63, 3.8) is 0 Å². The first-order valence-electron chi connectivity index (χ1n) is 11.1. The summed E-state index contributed by atoms with van der Waals surface area (Å²) in [6, 6.07) is 11.1. The third kappa shape index (κ3) is 5.08. The molecule has 0 radical (unpaired) electrons. The van der Waals surface area contributed by atoms with Crippen LogP contribution in [0.15, 0.2) is 60.9 Å². The summed E-state index contributed by atoms with van der Waals surface area (Å²) in [4.78, 5) is 9.02. The van der Waals surface area contributed by atoms with Gasteiger partial charge in [-0.3, -0.25) is 0 Å². The van der Waals surface area contributed by atoms with E-state index in [1.807, 2.05) is 0 Å². The van der Waals surface area contributed by atoms with Crippen molar-refractivity contribution < 1.29 is 22.0 Å². The van der Waals surface area contributed by atoms with Crippen LogP contribution in [0.4, 0.5) is 22.0 Å². The van der Waals surface area contributed by atoms with Crippen LogP contribution in [0, 0.1) is 11.6 Å². The normalized spacial score (nSPS) is 11.8. The Morgan fingerprint density at radius 1 is 0.765 bits per heavy atom. The molecule has 0 amide bonds. The molecule has 0 spiro atoms. The Kier molecular flexibility index (Phi) is 6.91. The van der Waals surface area contributed by atoms with Gasteiger partial charge in [0, 0.05) is 23.3 Å². The fourth-order valence-electron chi connectivity index (χ4n) is 4.08. The molecule has 0 saturated carbocycles. The molecule has 4 rings (SSSR count). The van der Waals surface area contributed by atoms with Crippen molar-refractivity contribution in [2.75, 3.05) is 0 Å². The molecule has 0 fully saturated rings. The number of hydrogen-bond acceptors (Lipinski definition) is 2. The third-order valence-corrected chi connectivity index (χ3v) is 5.89. The minimum Gasteiger partial charge on any atom is -0.236 e. The maximum absolute atomic E-state index is 14.5. The number of nitrogens with zero attached hydrogens (tertiary/aromatic N) is 2. The van der Waals surface area contributed by atoms with Gasteiger partial charge < -0.3 is 0 Å². The van der Waals surface area contributed by atoms with Crippen molar-refractivity contribution in [1.29, 1.82) is 0 Å². The number of hydrogen-bond donors (Lipinski definition) is 0. The Labute approximate surface area is 194 Å². The summed E-state index contributed by atoms with van der Waals surface area (Å²) < 4.78 is 67.2. The van der Waals surface area contributed by atoms with Crippen LogP contribution in [0.25, 0.3) is 22.2 Å². The van der Waals surface area contributed by atoms with Crippen LogP contribution < -0.4 is 0 Å². The van der Waals surface area contributed by atoms with Gasteiger partial charge in [0.2, 0.25) is 0 Å². The number of halogens is 5. The molecule has 4 aromatic rings. The van der Waals surface area contributed by atoms with Crippen LogP contribution in [0.1, 0.15) is 42.0 Å². The fraction of sp³-hybridized carbons (Fsp3) is 0.259. The minimum absolute atomic E-state index is 0.270. The Hall–Kier alpha value is -3.35. The highest BCUT2D eigenvalue weighted by molar-refractivity contribution is 5.91. The fourth-order valence-corrected chi connectivity index (χ4v) is 4.08. The lowest BCUT2D eigenvalue weighted by atomic mass is 9.93. The molecule has 0 aliphatic rings. The molecular weight excluding hydrogens is 447 g/mol. The van der Waals surface area contributed by atoms with Crippen molar-refractivity contribution in [1.82, 2.24) is 9.97 Å². The molecule has 3 aromatic carbocycles. The van der Waals surface area contributed by atoms with E-state index in [1.54, 1.807) is 36.7 Å². The molecule has 176 valence electrons. The van der Waals surface area contributed by atoms with Gasteiger partial charge in [-0.05, 0) is 66.0 Å². The van der Waals surface area contributed by atoms with Gasteiger partial charge in [-0.2, -0.15) is 13.2 Å². The maximum Gasteiger partial charge on any atom is 0.419 e. The topological polar surface area (TPSA) is 25.8 Å². The Balaban J connectivity index is 1.70. The largest absolute Gasteiger partial charge is 0.419 e. The summed E-state index contributed by atoms with van der Waals surface area (Å²) in [7, 11) is 0. The van der Waals surface area contributed by atoms with E-state index in [-0.39, 0.29) is 12.2 Å². The van der Waals surface area contributed by atoms with E-state index in [4.69, 9.17) is 0 Å². The van der Waals surface area contributed by atoms with Crippen LogP contribution in [-0.4, -0.2) is 9.97 Å². The average molecular weight is 470 g/mol. The van der Waals surface area contributed by atoms with Crippen molar-refractivity contribution in [2.45, 2.75) is 45.2 Å². The molecule has 2 nitrogen and oxygen atoms in total. The number of benzene rings is 3. The van der Waals surface area contributed by atoms with E-state index in [0.29, 0.717) is 34.1 Å². The molecule has 0 N–H and O–H groups in total. The second-order valence-electron chi connectivity index (χ2n) is 8.26. The number of aryl methyl sites for hydroxylation is 3. The Morgan fingerprint density at radius 3 is 2.21 bits per heavy atom. The van der Waals surface area contributed by atoms with Crippen LogP contribution in [0.5, 0.6) is 0 Å². The zero-order valence-corrected chi connectivity index (χ0v) is 18.6. The van der Waals surface area contributed by atoms with Gasteiger partial charge in [0.25, 0.3) is 0 Å². The van der Waals surface area contributed by atoms with E-state index >= 15 is 0 Å². The van der Waals surface area contributed by atoms with Gasteiger partial charge in [0.1, 0.15) is 11.6 Å². The molecule has 1 heterocycles. The van der Waals surface area contributed by atoms with Gasteiger partial charge in [-0.15, -0.1) is 0 Å². The summed E-state index contributed by atoms with van der Waals surface area (Å²) in [5, 5.41) is 1.10. The highest BCUT2D eigenvalue weighted by atomic mass is 19.4. The molecule has 0 saturated heterocycles. The van der Waals surface area contributed by atoms with Crippen molar-refractivity contribution in [3.8, 4) is 11.4 Å². The van der Waals surface area contributed by atoms with Gasteiger partial charge in [-0.25, -0.2) is 18.7 Å². The standard InChI is InChI=1S/C27H23F5N2/c1-2-3-5-18-15-33-26(34-16-18)22-12-11-21-19(6-4-7-24(21)28)20(22)10-8-17-9-13-23(25(29)14-17)27(30,31)32/h4,6-7,9,11-16H,2-3,5,8,10H2,1H3. The highest BCUT2D eigenvalue weighted by Gasteiger charge is 2.33. The number of aromatic nitrogens is 2. The molecule has 0 unspecified atom stereocenters. The third-order valence-electron chi connectivity index (χ3n) is 5.89. The van der Waals surface area contributed by atoms with Crippen molar-refractivity contribution in [3.05, 3.63) is 94.8 Å². The van der Waals surface area contributed by atoms with Gasteiger partial charge in [0.05, 0.1) is 5.56 Å². The monoisotopic (exact) mass is 470 g/mol. The summed E-state index contributed by atoms with van der Waals surface area (Å²) >= 11 is 0. The second kappa shape index (κ2) is 9.87. The van der Waals surface area contributed by atoms with Gasteiger partial charge >= 0.3 is 6.18 Å². The first kappa shape index (κ1) is 23.8. The summed E-state index contributed by atoms with van der Waals surface area (Å²) in [6.07, 6.45) is 2.41. The lowest BCUT2D eigenvalue weighted by molar-refractivity contribution is -0.140. The Bertz CT molecular complexity index is 1300. The molecular formula is C27H23F5N2. The SMILES string of the molecule is CCCCc1cnc(-c2ccc3c(F)cccc3c2CCc2ccc(C(F)(F)F)c(F)c2)nc1. The zero-order chi connectivity index (χ0) is 24.3. The second-order valence-corrected chi connectivity index (χ2v) is 8.26. The van der Waals surface area contributed by atoms with Gasteiger partial charge in [-0.1, -0.05) is 43.7 Å². The van der Waals surface area contributed by atoms with E-state index in [9.17, 15) is 22.0 Å². The van der Waals surface area contributed by atoms with E-state index in [2.05, 4.69) is 16.9 Å². The lowest BCUT2D eigenvalue weighted by Gasteiger charge is -2.14. The molecule has 34 heavy (non-hydrogen) atoms. The summed E-state index contributed by atoms with van der Waals surface area (Å²) in [5.41, 5.74) is 1.63. The zero-order valence-electron chi connectivity index (χ0n) is 18.6. The van der Waals surface area contributed by atoms with Crippen LogP contribution in [-0.2, 0) is 25.4 Å². The van der Waals surface area contributed by atoms with Crippen LogP contribution in [0.2, 0.25) is 0 Å². The van der Waals surface area contributed by atoms with Crippen molar-refractivity contribution >= 4 is 10.8 Å². The molecule has 1 aromatic heterocycles. The number of fused-ring (bicyclic) bond motifs is 1. The first-order valence-corrected chi connectivity index (χ1v) is 11.1. The molecule has 0 bridgehead atoms. The predicted molar refractivity (Wildman–Crippen MR) is 122 cm³/mol. The van der Waals surface area contributed by atoms with Crippen LogP contribution >= 0.6 is 0 Å². The minimum atomic E-state index is -4.75. The quantitative estimate of drug-likeness (QED) is 0.258. The smallest absolute Gasteiger partial charge is 0.236 e. The maximum atomic E-state index is 14.5. The average Bonchev–Trinajstić information content (AvgIpc) is 2.81. The number of rotatable bonds is 7. The molecule has 0 aliphatic carbocycles. The molecule has 0 aliphatic heterocycles. The Morgan fingerprint density at radius 2 is 1.53 bits per heavy atom. The summed E-state index contributed by atoms with van der Waals surface area (Å²) in [5.74, 6) is -1.19. The van der Waals surface area contributed by atoms with Crippen LogP contribution in [0.3, 0.4) is 0 Å². The molecule has 0 atom stereocenters. The molecule has 7 heteroatoms. The van der Waals surface area contributed by atoms with E-state index in [1.165, 1.54) is 12.1 Å². The first-order chi connectivity index (χ1) is 16.3. The van der Waals surface area contributed by atoms with E-state index < -0.39 is 17.6 Å². The lowest BCUT2D eigenvalue weighted by Crippen LogP contribution is -2.08. The van der Waals surface area contributed by atoms with Crippen molar-refractivity contribution in [2.24, 2.45) is 0 Å². The van der Waals surface area contributed by atoms with E-state index in [0.717, 1.165) is 42.5 Å². The predicted octanol–water partition coefficient (Wildman–Crippen LogP) is 7.72.